The van der Waals surface area contributed by atoms with Gasteiger partial charge in [-0.25, -0.2) is 0 Å². The number of nitrogens with zero attached hydrogens (tertiary/aromatic N) is 1. The second kappa shape index (κ2) is 25.0. The van der Waals surface area contributed by atoms with Crippen LogP contribution in [0.15, 0.2) is 157 Å². The van der Waals surface area contributed by atoms with Crippen molar-refractivity contribution < 1.29 is 0 Å². The first-order chi connectivity index (χ1) is 16.8. The molecule has 0 heterocycles. The molecule has 0 saturated carbocycles. The van der Waals surface area contributed by atoms with Crippen molar-refractivity contribution in [2.75, 3.05) is 0 Å². The number of rotatable bonds is 1. The molecule has 173 valence electrons. The molecule has 0 saturated heterocycles. The molecule has 5 rings (SSSR count). The third-order valence-electron chi connectivity index (χ3n) is 3.76. The van der Waals surface area contributed by atoms with E-state index in [9.17, 15) is 5.21 Å². The molecule has 0 bridgehead atoms. The van der Waals surface area contributed by atoms with Gasteiger partial charge in [-0.05, 0) is 36.8 Å². The number of hydrogen-bond donors (Lipinski definition) is 0. The summed E-state index contributed by atoms with van der Waals surface area (Å²) in [6.07, 6.45) is 0. The van der Waals surface area contributed by atoms with Crippen molar-refractivity contribution in [1.82, 2.24) is 0 Å². The third kappa shape index (κ3) is 20.7. The van der Waals surface area contributed by atoms with E-state index in [-0.39, 0.29) is 24.4 Å². The topological polar surface area (TPSA) is 35.4 Å². The van der Waals surface area contributed by atoms with Gasteiger partial charge < -0.3 is 10.4 Å². The van der Waals surface area contributed by atoms with Crippen LogP contribution in [-0.4, -0.2) is 30.1 Å². The molecule has 5 aromatic rings. The molecule has 35 heavy (non-hydrogen) atoms. The van der Waals surface area contributed by atoms with Crippen molar-refractivity contribution >= 4 is 30.1 Å². The van der Waals surface area contributed by atoms with Crippen molar-refractivity contribution in [3.63, 3.8) is 0 Å². The van der Waals surface area contributed by atoms with Crippen LogP contribution in [-0.2, 0) is 0 Å². The Balaban J connectivity index is 0.000000417. The van der Waals surface area contributed by atoms with Crippen molar-refractivity contribution in [1.29, 1.82) is 0 Å². The van der Waals surface area contributed by atoms with Crippen LogP contribution in [0.1, 0.15) is 12.5 Å². The van der Waals surface area contributed by atoms with Crippen molar-refractivity contribution in [2.24, 2.45) is 5.16 Å². The van der Waals surface area contributed by atoms with E-state index in [1.54, 1.807) is 6.92 Å². The zero-order valence-electron chi connectivity index (χ0n) is 19.7. The summed E-state index contributed by atoms with van der Waals surface area (Å²) in [6, 6.07) is 59.4. The zero-order chi connectivity index (χ0) is 24.4. The second-order valence-electron chi connectivity index (χ2n) is 6.35. The van der Waals surface area contributed by atoms with Crippen LogP contribution >= 0.6 is 0 Å². The molecule has 2 nitrogen and oxygen atoms in total. The van der Waals surface area contributed by atoms with E-state index in [0.29, 0.717) is 5.71 Å². The SMILES string of the molecule is C/C(=N/[O-])c1ccccc1.[Sb].[c]1ccccc1.[c]1ccccc1.[c]1ccccc1.[c]1ccccc1. The van der Waals surface area contributed by atoms with E-state index in [4.69, 9.17) is 0 Å². The maximum atomic E-state index is 10.0. The Hall–Kier alpha value is -3.61. The van der Waals surface area contributed by atoms with Crippen molar-refractivity contribution in [2.45, 2.75) is 6.92 Å². The van der Waals surface area contributed by atoms with Gasteiger partial charge in [-0.1, -0.05) is 152 Å². The molecule has 0 fully saturated rings. The molecular weight excluding hydrogens is 536 g/mol. The van der Waals surface area contributed by atoms with Crippen LogP contribution in [0.3, 0.4) is 0 Å². The molecule has 0 N–H and O–H groups in total. The molecule has 3 heteroatoms. The molecule has 0 unspecified atom stereocenters. The fourth-order valence-electron chi connectivity index (χ4n) is 2.10. The van der Waals surface area contributed by atoms with E-state index >= 15 is 0 Å². The van der Waals surface area contributed by atoms with Gasteiger partial charge in [-0.15, -0.1) is 0 Å². The fraction of sp³-hybridized carbons (Fsp3) is 0.0312. The first kappa shape index (κ1) is 31.4. The minimum atomic E-state index is 0. The average Bonchev–Trinajstić information content (AvgIpc) is 2.98. The van der Waals surface area contributed by atoms with Gasteiger partial charge in [0.1, 0.15) is 0 Å². The summed E-state index contributed by atoms with van der Waals surface area (Å²) in [7, 11) is 0. The molecular formula is C32H28NOSb-. The zero-order valence-corrected chi connectivity index (χ0v) is 22.3. The number of benzene rings is 5. The van der Waals surface area contributed by atoms with Gasteiger partial charge in [0.05, 0.1) is 0 Å². The van der Waals surface area contributed by atoms with E-state index in [2.05, 4.69) is 29.4 Å². The largest absolute Gasteiger partial charge is 0.792 e. The Bertz CT molecular complexity index is 810. The van der Waals surface area contributed by atoms with Gasteiger partial charge in [-0.3, -0.25) is 0 Å². The van der Waals surface area contributed by atoms with E-state index in [0.717, 1.165) is 5.56 Å². The van der Waals surface area contributed by atoms with Crippen LogP contribution < -0.4 is 0 Å². The molecule has 0 aliphatic carbocycles. The summed E-state index contributed by atoms with van der Waals surface area (Å²) in [4.78, 5) is 0. The quantitative estimate of drug-likeness (QED) is 0.118. The third-order valence-corrected chi connectivity index (χ3v) is 3.76. The number of hydrogen-bond acceptors (Lipinski definition) is 2. The van der Waals surface area contributed by atoms with E-state index < -0.39 is 0 Å². The van der Waals surface area contributed by atoms with Crippen LogP contribution in [0.5, 0.6) is 0 Å². The van der Waals surface area contributed by atoms with Crippen molar-refractivity contribution in [3.8, 4) is 0 Å². The standard InChI is InChI=1S/C8H9NO.4C6H5.Sb/c1-7(9-10)8-5-3-2-4-6-8;4*1-2-4-6-5-3-1;/h2-6,10H,1H3;4*1-5H;/p-1/b9-7-;;;;;. The second-order valence-corrected chi connectivity index (χ2v) is 6.35. The minimum absolute atomic E-state index is 0. The van der Waals surface area contributed by atoms with Gasteiger partial charge in [0.15, 0.2) is 0 Å². The monoisotopic (exact) mass is 563 g/mol. The first-order valence-corrected chi connectivity index (χ1v) is 10.7. The van der Waals surface area contributed by atoms with Gasteiger partial charge in [0, 0.05) is 30.1 Å². The van der Waals surface area contributed by atoms with E-state index in [1.165, 1.54) is 0 Å². The maximum absolute atomic E-state index is 10.0. The fourth-order valence-corrected chi connectivity index (χ4v) is 2.10. The maximum Gasteiger partial charge on any atom is 0.0334 e. The molecule has 5 aromatic carbocycles. The van der Waals surface area contributed by atoms with Crippen LogP contribution in [0.4, 0.5) is 0 Å². The summed E-state index contributed by atoms with van der Waals surface area (Å²) in [5, 5.41) is 12.8. The molecule has 0 atom stereocenters. The Kier molecular flexibility index (Phi) is 22.4. The summed E-state index contributed by atoms with van der Waals surface area (Å²) < 4.78 is 0. The Morgan fingerprint density at radius 1 is 0.486 bits per heavy atom. The Morgan fingerprint density at radius 3 is 0.914 bits per heavy atom. The van der Waals surface area contributed by atoms with Crippen LogP contribution in [0, 0.1) is 29.5 Å². The van der Waals surface area contributed by atoms with Crippen LogP contribution in [0.2, 0.25) is 0 Å². The van der Waals surface area contributed by atoms with Gasteiger partial charge >= 0.3 is 0 Å². The molecule has 7 radical (unpaired) electrons. The summed E-state index contributed by atoms with van der Waals surface area (Å²) in [5.41, 5.74) is 1.41. The first-order valence-electron chi connectivity index (χ1n) is 10.7. The van der Waals surface area contributed by atoms with Crippen LogP contribution in [0.25, 0.3) is 0 Å². The smallest absolute Gasteiger partial charge is 0.0334 e. The van der Waals surface area contributed by atoms with Gasteiger partial charge in [0.25, 0.3) is 0 Å². The molecule has 0 aliphatic rings. The molecule has 0 spiro atoms. The Morgan fingerprint density at radius 2 is 0.743 bits per heavy atom. The summed E-state index contributed by atoms with van der Waals surface area (Å²) in [6.45, 7) is 1.70. The minimum Gasteiger partial charge on any atom is -0.792 e. The van der Waals surface area contributed by atoms with Gasteiger partial charge in [0.2, 0.25) is 0 Å². The Labute approximate surface area is 228 Å². The van der Waals surface area contributed by atoms with Crippen molar-refractivity contribution in [3.05, 3.63) is 187 Å². The molecule has 0 amide bonds. The van der Waals surface area contributed by atoms with E-state index in [1.807, 2.05) is 152 Å². The summed E-state index contributed by atoms with van der Waals surface area (Å²) in [5.74, 6) is 0. The summed E-state index contributed by atoms with van der Waals surface area (Å²) >= 11 is 0. The molecule has 0 aromatic heterocycles. The molecule has 0 aliphatic heterocycles. The predicted octanol–water partition coefficient (Wildman–Crippen LogP) is 7.56. The predicted molar refractivity (Wildman–Crippen MR) is 149 cm³/mol. The van der Waals surface area contributed by atoms with Gasteiger partial charge in [-0.2, -0.15) is 0 Å². The average molecular weight is 564 g/mol. The normalized spacial score (nSPS) is 8.77.